The minimum atomic E-state index is -0.980. The van der Waals surface area contributed by atoms with Crippen molar-refractivity contribution in [2.24, 2.45) is 10.2 Å². The zero-order valence-electron chi connectivity index (χ0n) is 13.1. The second-order valence-electron chi connectivity index (χ2n) is 5.41. The molecule has 1 N–H and O–H groups in total. The lowest BCUT2D eigenvalue weighted by atomic mass is 10.1. The van der Waals surface area contributed by atoms with Crippen LogP contribution in [-0.2, 0) is 0 Å². The van der Waals surface area contributed by atoms with Gasteiger partial charge >= 0.3 is 5.97 Å². The van der Waals surface area contributed by atoms with Crippen LogP contribution in [0.25, 0.3) is 5.65 Å². The fourth-order valence-corrected chi connectivity index (χ4v) is 2.46. The Morgan fingerprint density at radius 1 is 1.13 bits per heavy atom. The smallest absolute Gasteiger partial charge is 0.335 e. The van der Waals surface area contributed by atoms with Crippen LogP contribution < -0.4 is 0 Å². The Labute approximate surface area is 133 Å². The molecular formula is C17H16N4O2. The summed E-state index contributed by atoms with van der Waals surface area (Å²) in [5.41, 5.74) is 4.37. The van der Waals surface area contributed by atoms with Crippen molar-refractivity contribution < 1.29 is 9.90 Å². The Kier molecular flexibility index (Phi) is 3.65. The Morgan fingerprint density at radius 3 is 2.48 bits per heavy atom. The van der Waals surface area contributed by atoms with E-state index in [4.69, 9.17) is 5.11 Å². The lowest BCUT2D eigenvalue weighted by Crippen LogP contribution is -1.97. The second-order valence-corrected chi connectivity index (χ2v) is 5.41. The highest BCUT2D eigenvalue weighted by molar-refractivity contribution is 5.88. The summed E-state index contributed by atoms with van der Waals surface area (Å²) in [4.78, 5) is 15.4. The molecule has 6 heteroatoms. The molecule has 3 aromatic rings. The topological polar surface area (TPSA) is 79.3 Å². The SMILES string of the molecule is Cc1cccc(C)c1N=Nc1c(C)nc2cc(C(=O)O)ccn12. The van der Waals surface area contributed by atoms with Crippen molar-refractivity contribution in [1.29, 1.82) is 0 Å². The summed E-state index contributed by atoms with van der Waals surface area (Å²) in [6.07, 6.45) is 1.65. The summed E-state index contributed by atoms with van der Waals surface area (Å²) in [6, 6.07) is 9.00. The van der Waals surface area contributed by atoms with Gasteiger partial charge in [-0.1, -0.05) is 18.2 Å². The van der Waals surface area contributed by atoms with Crippen molar-refractivity contribution in [3.63, 3.8) is 0 Å². The van der Waals surface area contributed by atoms with E-state index in [-0.39, 0.29) is 5.56 Å². The molecule has 0 spiro atoms. The molecule has 0 radical (unpaired) electrons. The summed E-state index contributed by atoms with van der Waals surface area (Å²) in [6.45, 7) is 5.80. The molecule has 2 heterocycles. The Morgan fingerprint density at radius 2 is 1.83 bits per heavy atom. The largest absolute Gasteiger partial charge is 0.478 e. The molecule has 1 aromatic carbocycles. The molecule has 3 rings (SSSR count). The molecule has 6 nitrogen and oxygen atoms in total. The van der Waals surface area contributed by atoms with Crippen molar-refractivity contribution in [2.75, 3.05) is 0 Å². The highest BCUT2D eigenvalue weighted by Crippen LogP contribution is 2.27. The summed E-state index contributed by atoms with van der Waals surface area (Å²) >= 11 is 0. The number of imidazole rings is 1. The fourth-order valence-electron chi connectivity index (χ4n) is 2.46. The Bertz CT molecular complexity index is 921. The van der Waals surface area contributed by atoms with Gasteiger partial charge < -0.3 is 5.11 Å². The molecular weight excluding hydrogens is 292 g/mol. The van der Waals surface area contributed by atoms with Gasteiger partial charge in [0.1, 0.15) is 5.65 Å². The van der Waals surface area contributed by atoms with Gasteiger partial charge in [-0.25, -0.2) is 9.78 Å². The molecule has 0 unspecified atom stereocenters. The third kappa shape index (κ3) is 2.70. The van der Waals surface area contributed by atoms with E-state index in [9.17, 15) is 4.79 Å². The van der Waals surface area contributed by atoms with Crippen LogP contribution in [0.4, 0.5) is 11.5 Å². The predicted molar refractivity (Wildman–Crippen MR) is 87.0 cm³/mol. The standard InChI is InChI=1S/C17H16N4O2/c1-10-5-4-6-11(2)15(10)19-20-16-12(3)18-14-9-13(17(22)23)7-8-21(14)16/h4-9H,1-3H3,(H,22,23). The number of rotatable bonds is 3. The van der Waals surface area contributed by atoms with E-state index >= 15 is 0 Å². The van der Waals surface area contributed by atoms with Crippen molar-refractivity contribution in [3.8, 4) is 0 Å². The highest BCUT2D eigenvalue weighted by Gasteiger charge is 2.11. The molecule has 0 fully saturated rings. The first kappa shape index (κ1) is 14.9. The monoisotopic (exact) mass is 308 g/mol. The number of carboxylic acids is 1. The van der Waals surface area contributed by atoms with Crippen LogP contribution in [0, 0.1) is 20.8 Å². The molecule has 0 saturated carbocycles. The first-order valence-corrected chi connectivity index (χ1v) is 7.17. The van der Waals surface area contributed by atoms with E-state index in [0.717, 1.165) is 16.8 Å². The van der Waals surface area contributed by atoms with Crippen LogP contribution in [0.15, 0.2) is 46.8 Å². The third-order valence-electron chi connectivity index (χ3n) is 3.70. The number of carboxylic acid groups (broad SMARTS) is 1. The Balaban J connectivity index is 2.08. The van der Waals surface area contributed by atoms with Crippen LogP contribution >= 0.6 is 0 Å². The number of fused-ring (bicyclic) bond motifs is 1. The molecule has 0 atom stereocenters. The summed E-state index contributed by atoms with van der Waals surface area (Å²) in [5, 5.41) is 17.8. The number of benzene rings is 1. The number of aromatic carboxylic acids is 1. The molecule has 2 aromatic heterocycles. The molecule has 0 bridgehead atoms. The quantitative estimate of drug-likeness (QED) is 0.729. The minimum Gasteiger partial charge on any atom is -0.478 e. The van der Waals surface area contributed by atoms with Gasteiger partial charge in [-0.15, -0.1) is 10.2 Å². The predicted octanol–water partition coefficient (Wildman–Crippen LogP) is 4.37. The molecule has 0 saturated heterocycles. The molecule has 0 aliphatic rings. The van der Waals surface area contributed by atoms with E-state index in [1.807, 2.05) is 39.0 Å². The highest BCUT2D eigenvalue weighted by atomic mass is 16.4. The average molecular weight is 308 g/mol. The van der Waals surface area contributed by atoms with Gasteiger partial charge in [-0.3, -0.25) is 4.40 Å². The molecule has 0 amide bonds. The van der Waals surface area contributed by atoms with Gasteiger partial charge in [0.2, 0.25) is 0 Å². The van der Waals surface area contributed by atoms with Crippen LogP contribution in [-0.4, -0.2) is 20.5 Å². The number of hydrogen-bond acceptors (Lipinski definition) is 4. The van der Waals surface area contributed by atoms with Gasteiger partial charge in [0, 0.05) is 6.20 Å². The first-order valence-electron chi connectivity index (χ1n) is 7.17. The van der Waals surface area contributed by atoms with Crippen molar-refractivity contribution >= 4 is 23.1 Å². The maximum atomic E-state index is 11.0. The molecule has 0 aliphatic heterocycles. The zero-order chi connectivity index (χ0) is 16.6. The van der Waals surface area contributed by atoms with Crippen LogP contribution in [0.2, 0.25) is 0 Å². The normalized spacial score (nSPS) is 11.4. The lowest BCUT2D eigenvalue weighted by molar-refractivity contribution is 0.0697. The number of hydrogen-bond donors (Lipinski definition) is 1. The summed E-state index contributed by atoms with van der Waals surface area (Å²) in [5.74, 6) is -0.383. The van der Waals surface area contributed by atoms with Gasteiger partial charge in [0.25, 0.3) is 0 Å². The van der Waals surface area contributed by atoms with Gasteiger partial charge in [0.15, 0.2) is 5.82 Å². The number of azo groups is 1. The lowest BCUT2D eigenvalue weighted by Gasteiger charge is -2.02. The fraction of sp³-hybridized carbons (Fsp3) is 0.176. The van der Waals surface area contributed by atoms with E-state index in [2.05, 4.69) is 15.2 Å². The number of carbonyl (C=O) groups is 1. The Hall–Kier alpha value is -3.02. The van der Waals surface area contributed by atoms with Crippen molar-refractivity contribution in [1.82, 2.24) is 9.38 Å². The maximum absolute atomic E-state index is 11.0. The van der Waals surface area contributed by atoms with Crippen LogP contribution in [0.3, 0.4) is 0 Å². The van der Waals surface area contributed by atoms with Crippen molar-refractivity contribution in [2.45, 2.75) is 20.8 Å². The number of aromatic nitrogens is 2. The van der Waals surface area contributed by atoms with E-state index < -0.39 is 5.97 Å². The second kappa shape index (κ2) is 5.64. The number of aryl methyl sites for hydroxylation is 3. The molecule has 116 valence electrons. The molecule has 0 aliphatic carbocycles. The molecule has 23 heavy (non-hydrogen) atoms. The van der Waals surface area contributed by atoms with E-state index in [1.54, 1.807) is 10.6 Å². The van der Waals surface area contributed by atoms with Gasteiger partial charge in [0.05, 0.1) is 16.9 Å². The summed E-state index contributed by atoms with van der Waals surface area (Å²) in [7, 11) is 0. The van der Waals surface area contributed by atoms with Crippen molar-refractivity contribution in [3.05, 3.63) is 58.9 Å². The first-order chi connectivity index (χ1) is 11.0. The minimum absolute atomic E-state index is 0.195. The third-order valence-corrected chi connectivity index (χ3v) is 3.70. The zero-order valence-corrected chi connectivity index (χ0v) is 13.1. The summed E-state index contributed by atoms with van der Waals surface area (Å²) < 4.78 is 1.74. The number of nitrogens with zero attached hydrogens (tertiary/aromatic N) is 4. The van der Waals surface area contributed by atoms with Crippen LogP contribution in [0.5, 0.6) is 0 Å². The van der Waals surface area contributed by atoms with E-state index in [1.165, 1.54) is 12.1 Å². The van der Waals surface area contributed by atoms with Crippen LogP contribution in [0.1, 0.15) is 27.2 Å². The van der Waals surface area contributed by atoms with E-state index in [0.29, 0.717) is 17.2 Å². The number of pyridine rings is 1. The van der Waals surface area contributed by atoms with Gasteiger partial charge in [-0.2, -0.15) is 0 Å². The average Bonchev–Trinajstić information content (AvgIpc) is 2.81. The van der Waals surface area contributed by atoms with Gasteiger partial charge in [-0.05, 0) is 44.0 Å². The maximum Gasteiger partial charge on any atom is 0.335 e.